The van der Waals surface area contributed by atoms with Crippen LogP contribution in [-0.4, -0.2) is 18.1 Å². The molecule has 0 fully saturated rings. The molecule has 0 unspecified atom stereocenters. The van der Waals surface area contributed by atoms with E-state index < -0.39 is 5.97 Å². The first-order chi connectivity index (χ1) is 10.5. The van der Waals surface area contributed by atoms with Gasteiger partial charge in [-0.3, -0.25) is 4.79 Å². The molecule has 2 rings (SSSR count). The predicted molar refractivity (Wildman–Crippen MR) is 78.1 cm³/mol. The Kier molecular flexibility index (Phi) is 9.88. The number of hydrazone groups is 1. The van der Waals surface area contributed by atoms with Gasteiger partial charge in [-0.15, -0.1) is 0 Å². The molecule has 0 atom stereocenters. The summed E-state index contributed by atoms with van der Waals surface area (Å²) in [5, 5.41) is 24.0. The summed E-state index contributed by atoms with van der Waals surface area (Å²) in [6.45, 7) is 0.972. The molecule has 1 amide bonds. The quantitative estimate of drug-likeness (QED) is 0.480. The molecule has 0 bridgehead atoms. The first-order valence-corrected chi connectivity index (χ1v) is 6.33. The summed E-state index contributed by atoms with van der Waals surface area (Å²) in [5.41, 5.74) is 3.32. The van der Waals surface area contributed by atoms with Crippen molar-refractivity contribution in [1.29, 1.82) is 0 Å². The zero-order valence-electron chi connectivity index (χ0n) is 12.6. The maximum Gasteiger partial charge on any atom is 2.00 e. The Morgan fingerprint density at radius 2 is 1.57 bits per heavy atom. The average molecular weight is 364 g/mol. The topological polar surface area (TPSA) is 105 Å². The number of hydrogen-bond donors (Lipinski definition) is 1. The fraction of sp³-hybridized carbons (Fsp3) is 0.0625. The Labute approximate surface area is 146 Å². The van der Waals surface area contributed by atoms with E-state index in [0.29, 0.717) is 11.1 Å². The molecule has 0 spiro atoms. The zero-order valence-corrected chi connectivity index (χ0v) is 15.5. The van der Waals surface area contributed by atoms with Crippen molar-refractivity contribution in [3.8, 4) is 5.75 Å². The van der Waals surface area contributed by atoms with Crippen molar-refractivity contribution < 1.29 is 39.3 Å². The molecule has 0 saturated heterocycles. The summed E-state index contributed by atoms with van der Waals surface area (Å²) in [7, 11) is 0. The summed E-state index contributed by atoms with van der Waals surface area (Å²) in [4.78, 5) is 20.5. The SMILES string of the molecule is CC(=O)[O-].O=C(N/N=C/c1ccccc1[O-])c1ccccc1.[Zn+2]. The summed E-state index contributed by atoms with van der Waals surface area (Å²) in [6, 6.07) is 15.2. The van der Waals surface area contributed by atoms with E-state index in [-0.39, 0.29) is 31.1 Å². The number of carboxylic acid groups (broad SMARTS) is 1. The van der Waals surface area contributed by atoms with Crippen molar-refractivity contribution in [2.75, 3.05) is 0 Å². The van der Waals surface area contributed by atoms with E-state index in [4.69, 9.17) is 9.90 Å². The minimum absolute atomic E-state index is 0. The monoisotopic (exact) mass is 362 g/mol. The minimum atomic E-state index is -1.08. The van der Waals surface area contributed by atoms with Crippen LogP contribution in [0.25, 0.3) is 0 Å². The number of rotatable bonds is 3. The molecular formula is C16H14N2O4Zn. The average Bonchev–Trinajstić information content (AvgIpc) is 2.49. The maximum atomic E-state index is 11.6. The number of nitrogens with zero attached hydrogens (tertiary/aromatic N) is 1. The van der Waals surface area contributed by atoms with E-state index in [1.807, 2.05) is 6.07 Å². The largest absolute Gasteiger partial charge is 2.00 e. The van der Waals surface area contributed by atoms with Crippen LogP contribution in [0.15, 0.2) is 59.7 Å². The molecule has 23 heavy (non-hydrogen) atoms. The third-order valence-corrected chi connectivity index (χ3v) is 2.32. The van der Waals surface area contributed by atoms with Crippen LogP contribution in [-0.2, 0) is 24.3 Å². The molecule has 2 aromatic carbocycles. The Morgan fingerprint density at radius 3 is 2.13 bits per heavy atom. The van der Waals surface area contributed by atoms with Crippen LogP contribution in [0.4, 0.5) is 0 Å². The maximum absolute atomic E-state index is 11.6. The van der Waals surface area contributed by atoms with Gasteiger partial charge in [-0.2, -0.15) is 5.10 Å². The molecule has 0 aliphatic carbocycles. The third kappa shape index (κ3) is 8.48. The van der Waals surface area contributed by atoms with E-state index in [0.717, 1.165) is 6.92 Å². The van der Waals surface area contributed by atoms with Crippen LogP contribution in [0.2, 0.25) is 0 Å². The molecule has 1 N–H and O–H groups in total. The van der Waals surface area contributed by atoms with Gasteiger partial charge in [0.2, 0.25) is 0 Å². The Hall–Kier alpha value is -2.53. The van der Waals surface area contributed by atoms with Crippen molar-refractivity contribution in [1.82, 2.24) is 5.43 Å². The minimum Gasteiger partial charge on any atom is -0.872 e. The molecule has 0 heterocycles. The fourth-order valence-electron chi connectivity index (χ4n) is 1.40. The van der Waals surface area contributed by atoms with E-state index >= 15 is 0 Å². The molecule has 7 heteroatoms. The molecule has 0 aliphatic rings. The third-order valence-electron chi connectivity index (χ3n) is 2.32. The van der Waals surface area contributed by atoms with Gasteiger partial charge in [-0.1, -0.05) is 48.2 Å². The number of amides is 1. The molecule has 6 nitrogen and oxygen atoms in total. The van der Waals surface area contributed by atoms with Gasteiger partial charge in [-0.05, 0) is 24.6 Å². The van der Waals surface area contributed by atoms with Gasteiger partial charge in [-0.25, -0.2) is 5.43 Å². The molecule has 0 aliphatic heterocycles. The van der Waals surface area contributed by atoms with Gasteiger partial charge < -0.3 is 15.0 Å². The number of nitrogens with one attached hydrogen (secondary N) is 1. The standard InChI is InChI=1S/C14H12N2O2.C2H4O2.Zn/c17-13-9-5-4-8-12(13)10-15-16-14(18)11-6-2-1-3-7-11;1-2(3)4;/h1-10,17H,(H,16,18);1H3,(H,3,4);/q;;+2/p-2/b15-10+;;. The number of carbonyl (C=O) groups is 2. The smallest absolute Gasteiger partial charge is 0.872 e. The van der Waals surface area contributed by atoms with Crippen LogP contribution >= 0.6 is 0 Å². The first-order valence-electron chi connectivity index (χ1n) is 6.33. The predicted octanol–water partition coefficient (Wildman–Crippen LogP) is 0.278. The molecule has 114 valence electrons. The Bertz CT molecular complexity index is 656. The number of carboxylic acids is 1. The van der Waals surface area contributed by atoms with Crippen molar-refractivity contribution in [3.63, 3.8) is 0 Å². The van der Waals surface area contributed by atoms with Crippen molar-refractivity contribution in [2.24, 2.45) is 5.10 Å². The second-order valence-corrected chi connectivity index (χ2v) is 4.09. The van der Waals surface area contributed by atoms with E-state index in [1.165, 1.54) is 12.3 Å². The van der Waals surface area contributed by atoms with E-state index in [1.54, 1.807) is 42.5 Å². The van der Waals surface area contributed by atoms with Crippen molar-refractivity contribution in [2.45, 2.75) is 6.92 Å². The molecule has 0 aromatic heterocycles. The van der Waals surface area contributed by atoms with Gasteiger partial charge in [0, 0.05) is 11.5 Å². The number of carbonyl (C=O) groups excluding carboxylic acids is 2. The summed E-state index contributed by atoms with van der Waals surface area (Å²) < 4.78 is 0. The Balaban J connectivity index is 0.000000871. The fourth-order valence-corrected chi connectivity index (χ4v) is 1.40. The number of aliphatic carboxylic acids is 1. The van der Waals surface area contributed by atoms with Gasteiger partial charge in [0.25, 0.3) is 5.91 Å². The summed E-state index contributed by atoms with van der Waals surface area (Å²) >= 11 is 0. The molecule has 0 radical (unpaired) electrons. The normalized spacial score (nSPS) is 9.26. The Morgan fingerprint density at radius 1 is 1.04 bits per heavy atom. The van der Waals surface area contributed by atoms with Gasteiger partial charge in [0.1, 0.15) is 0 Å². The van der Waals surface area contributed by atoms with Crippen LogP contribution in [0.5, 0.6) is 5.75 Å². The van der Waals surface area contributed by atoms with Crippen LogP contribution in [0.3, 0.4) is 0 Å². The van der Waals surface area contributed by atoms with Gasteiger partial charge >= 0.3 is 19.5 Å². The van der Waals surface area contributed by atoms with Crippen molar-refractivity contribution in [3.05, 3.63) is 65.7 Å². The van der Waals surface area contributed by atoms with Gasteiger partial charge in [0.05, 0.1) is 6.21 Å². The second-order valence-electron chi connectivity index (χ2n) is 4.09. The molecule has 2 aromatic rings. The number of para-hydroxylation sites is 1. The second kappa shape index (κ2) is 11.1. The summed E-state index contributed by atoms with van der Waals surface area (Å²) in [6.07, 6.45) is 1.34. The molecule has 0 saturated carbocycles. The van der Waals surface area contributed by atoms with Crippen LogP contribution in [0.1, 0.15) is 22.8 Å². The zero-order chi connectivity index (χ0) is 16.4. The van der Waals surface area contributed by atoms with Gasteiger partial charge in [0.15, 0.2) is 0 Å². The van der Waals surface area contributed by atoms with Crippen LogP contribution < -0.4 is 15.6 Å². The summed E-state index contributed by atoms with van der Waals surface area (Å²) in [5.74, 6) is -1.52. The van der Waals surface area contributed by atoms with Crippen LogP contribution in [0, 0.1) is 0 Å². The van der Waals surface area contributed by atoms with Crippen molar-refractivity contribution >= 4 is 18.1 Å². The van der Waals surface area contributed by atoms with E-state index in [9.17, 15) is 9.90 Å². The first kappa shape index (κ1) is 20.5. The molecular weight excluding hydrogens is 350 g/mol. The van der Waals surface area contributed by atoms with E-state index in [2.05, 4.69) is 10.5 Å². The number of hydrogen-bond acceptors (Lipinski definition) is 5. The number of benzene rings is 2.